The smallest absolute Gasteiger partial charge is 0.119 e. The lowest BCUT2D eigenvalue weighted by Gasteiger charge is -2.05. The Bertz CT molecular complexity index is 174. The van der Waals surface area contributed by atoms with Gasteiger partial charge in [0.25, 0.3) is 0 Å². The molecule has 2 N–H and O–H groups in total. The van der Waals surface area contributed by atoms with E-state index in [4.69, 9.17) is 11.0 Å². The van der Waals surface area contributed by atoms with E-state index in [0.29, 0.717) is 5.75 Å². The van der Waals surface area contributed by atoms with Gasteiger partial charge in [-0.15, -0.1) is 0 Å². The molecule has 0 aromatic carbocycles. The predicted octanol–water partition coefficient (Wildman–Crippen LogP) is 0.384. The zero-order chi connectivity index (χ0) is 8.85. The zero-order valence-corrected chi connectivity index (χ0v) is 7.73. The highest BCUT2D eigenvalue weighted by Gasteiger charge is 2.09. The largest absolute Gasteiger partial charge is 0.328 e. The molecule has 0 radical (unpaired) electrons. The van der Waals surface area contributed by atoms with E-state index in [1.165, 1.54) is 0 Å². The van der Waals surface area contributed by atoms with Crippen LogP contribution in [-0.4, -0.2) is 21.3 Å². The minimum Gasteiger partial charge on any atom is -0.328 e. The molecule has 0 aromatic heterocycles. The molecule has 3 unspecified atom stereocenters. The maximum atomic E-state index is 11.1. The molecule has 4 heteroatoms. The molecule has 0 spiro atoms. The maximum Gasteiger partial charge on any atom is 0.119 e. The molecule has 0 heterocycles. The molecular weight excluding hydrogens is 160 g/mol. The molecule has 3 nitrogen and oxygen atoms in total. The van der Waals surface area contributed by atoms with Gasteiger partial charge in [-0.3, -0.25) is 4.21 Å². The van der Waals surface area contributed by atoms with E-state index in [2.05, 4.69) is 0 Å². The minimum absolute atomic E-state index is 0.0739. The van der Waals surface area contributed by atoms with Crippen LogP contribution in [0, 0.1) is 11.3 Å². The summed E-state index contributed by atoms with van der Waals surface area (Å²) < 4.78 is 11.1. The summed E-state index contributed by atoms with van der Waals surface area (Å²) in [6.45, 7) is 3.53. The number of rotatable bonds is 4. The van der Waals surface area contributed by atoms with Crippen LogP contribution < -0.4 is 5.73 Å². The van der Waals surface area contributed by atoms with Crippen molar-refractivity contribution in [3.63, 3.8) is 0 Å². The van der Waals surface area contributed by atoms with Crippen LogP contribution in [0.2, 0.25) is 0 Å². The summed E-state index contributed by atoms with van der Waals surface area (Å²) in [5.74, 6) is 0.534. The van der Waals surface area contributed by atoms with Gasteiger partial charge in [0.05, 0.1) is 6.07 Å². The molecule has 0 amide bonds. The van der Waals surface area contributed by atoms with Gasteiger partial charge in [0.1, 0.15) is 5.25 Å². The molecule has 0 saturated carbocycles. The van der Waals surface area contributed by atoms with Gasteiger partial charge in [-0.05, 0) is 20.3 Å². The van der Waals surface area contributed by atoms with Gasteiger partial charge in [0, 0.05) is 22.6 Å². The molecular formula is C7H14N2OS. The van der Waals surface area contributed by atoms with Crippen LogP contribution in [0.1, 0.15) is 20.3 Å². The Hall–Kier alpha value is -0.400. The molecule has 0 saturated heterocycles. The molecule has 11 heavy (non-hydrogen) atoms. The van der Waals surface area contributed by atoms with Crippen LogP contribution in [-0.2, 0) is 10.8 Å². The maximum absolute atomic E-state index is 11.1. The first-order valence-electron chi connectivity index (χ1n) is 3.60. The summed E-state index contributed by atoms with van der Waals surface area (Å²) >= 11 is 0. The normalized spacial score (nSPS) is 18.4. The van der Waals surface area contributed by atoms with Crippen LogP contribution in [0.5, 0.6) is 0 Å². The summed E-state index contributed by atoms with van der Waals surface area (Å²) in [5, 5.41) is 8.03. The Balaban J connectivity index is 3.63. The first-order chi connectivity index (χ1) is 5.07. The van der Waals surface area contributed by atoms with E-state index in [9.17, 15) is 4.21 Å². The first-order valence-corrected chi connectivity index (χ1v) is 4.98. The summed E-state index contributed by atoms with van der Waals surface area (Å²) in [5.41, 5.74) is 5.46. The Morgan fingerprint density at radius 2 is 2.18 bits per heavy atom. The summed E-state index contributed by atoms with van der Waals surface area (Å²) in [6, 6.07) is 2.02. The van der Waals surface area contributed by atoms with Crippen molar-refractivity contribution in [1.29, 1.82) is 5.26 Å². The van der Waals surface area contributed by atoms with Gasteiger partial charge in [-0.1, -0.05) is 0 Å². The first kappa shape index (κ1) is 10.6. The van der Waals surface area contributed by atoms with Crippen molar-refractivity contribution >= 4 is 10.8 Å². The van der Waals surface area contributed by atoms with Crippen LogP contribution >= 0.6 is 0 Å². The molecule has 0 aliphatic heterocycles. The third-order valence-electron chi connectivity index (χ3n) is 1.35. The molecule has 0 fully saturated rings. The van der Waals surface area contributed by atoms with Crippen LogP contribution in [0.3, 0.4) is 0 Å². The predicted molar refractivity (Wildman–Crippen MR) is 46.4 cm³/mol. The van der Waals surface area contributed by atoms with Gasteiger partial charge in [0.2, 0.25) is 0 Å². The third-order valence-corrected chi connectivity index (χ3v) is 2.88. The Morgan fingerprint density at radius 3 is 2.55 bits per heavy atom. The molecule has 0 aliphatic carbocycles. The molecule has 0 aromatic rings. The van der Waals surface area contributed by atoms with Crippen molar-refractivity contribution in [2.75, 3.05) is 5.75 Å². The van der Waals surface area contributed by atoms with Gasteiger partial charge in [0.15, 0.2) is 0 Å². The molecule has 0 aliphatic rings. The number of nitriles is 1. The molecule has 64 valence electrons. The second-order valence-electron chi connectivity index (χ2n) is 2.62. The van der Waals surface area contributed by atoms with E-state index in [1.54, 1.807) is 6.92 Å². The topological polar surface area (TPSA) is 66.9 Å². The lowest BCUT2D eigenvalue weighted by molar-refractivity contribution is 0.665. The molecule has 3 atom stereocenters. The highest BCUT2D eigenvalue weighted by molar-refractivity contribution is 7.85. The lowest BCUT2D eigenvalue weighted by atomic mass is 10.3. The fraction of sp³-hybridized carbons (Fsp3) is 0.857. The Morgan fingerprint density at radius 1 is 1.64 bits per heavy atom. The van der Waals surface area contributed by atoms with E-state index < -0.39 is 10.8 Å². The van der Waals surface area contributed by atoms with E-state index >= 15 is 0 Å². The third kappa shape index (κ3) is 4.93. The average Bonchev–Trinajstić information content (AvgIpc) is 1.98. The van der Waals surface area contributed by atoms with Crippen molar-refractivity contribution in [2.24, 2.45) is 5.73 Å². The lowest BCUT2D eigenvalue weighted by Crippen LogP contribution is -2.20. The van der Waals surface area contributed by atoms with Crippen molar-refractivity contribution in [1.82, 2.24) is 0 Å². The highest BCUT2D eigenvalue weighted by Crippen LogP contribution is 1.97. The van der Waals surface area contributed by atoms with E-state index in [1.807, 2.05) is 13.0 Å². The summed E-state index contributed by atoms with van der Waals surface area (Å²) in [7, 11) is -1.03. The van der Waals surface area contributed by atoms with Crippen LogP contribution in [0.25, 0.3) is 0 Å². The second kappa shape index (κ2) is 5.28. The molecule has 0 rings (SSSR count). The Labute approximate surface area is 70.0 Å². The minimum atomic E-state index is -1.03. The molecule has 0 bridgehead atoms. The number of nitrogens with zero attached hydrogens (tertiary/aromatic N) is 1. The zero-order valence-electron chi connectivity index (χ0n) is 6.91. The van der Waals surface area contributed by atoms with E-state index in [0.717, 1.165) is 6.42 Å². The van der Waals surface area contributed by atoms with Gasteiger partial charge >= 0.3 is 0 Å². The highest BCUT2D eigenvalue weighted by atomic mass is 32.2. The number of hydrogen-bond donors (Lipinski definition) is 1. The van der Waals surface area contributed by atoms with Gasteiger partial charge < -0.3 is 5.73 Å². The van der Waals surface area contributed by atoms with Crippen LogP contribution in [0.15, 0.2) is 0 Å². The van der Waals surface area contributed by atoms with Crippen molar-refractivity contribution in [2.45, 2.75) is 31.6 Å². The quantitative estimate of drug-likeness (QED) is 0.670. The monoisotopic (exact) mass is 174 g/mol. The van der Waals surface area contributed by atoms with Crippen LogP contribution in [0.4, 0.5) is 0 Å². The van der Waals surface area contributed by atoms with Crippen molar-refractivity contribution in [3.8, 4) is 6.07 Å². The summed E-state index contributed by atoms with van der Waals surface area (Å²) in [4.78, 5) is 0. The standard InChI is InChI=1S/C7H14N2OS/c1-6(9)3-4-11(10)7(2)5-8/h6-7H,3-4,9H2,1-2H3. The van der Waals surface area contributed by atoms with Crippen molar-refractivity contribution in [3.05, 3.63) is 0 Å². The number of hydrogen-bond acceptors (Lipinski definition) is 3. The average molecular weight is 174 g/mol. The van der Waals surface area contributed by atoms with Gasteiger partial charge in [-0.25, -0.2) is 0 Å². The van der Waals surface area contributed by atoms with Crippen molar-refractivity contribution < 1.29 is 4.21 Å². The SMILES string of the molecule is CC(N)CCS(=O)C(C)C#N. The second-order valence-corrected chi connectivity index (χ2v) is 4.50. The Kier molecular flexibility index (Phi) is 5.08. The fourth-order valence-corrected chi connectivity index (χ4v) is 1.61. The van der Waals surface area contributed by atoms with E-state index in [-0.39, 0.29) is 11.3 Å². The summed E-state index contributed by atoms with van der Waals surface area (Å²) in [6.07, 6.45) is 0.721. The van der Waals surface area contributed by atoms with Gasteiger partial charge in [-0.2, -0.15) is 5.26 Å². The number of nitrogens with two attached hydrogens (primary N) is 1. The fourth-order valence-electron chi connectivity index (χ4n) is 0.538.